The van der Waals surface area contributed by atoms with Crippen LogP contribution >= 0.6 is 12.4 Å². The third-order valence-corrected chi connectivity index (χ3v) is 2.07. The Morgan fingerprint density at radius 2 is 1.93 bits per heavy atom. The molecular formula is C10H14ClNO3. The molecule has 0 saturated carbocycles. The molecule has 0 unspecified atom stereocenters. The second-order valence-electron chi connectivity index (χ2n) is 3.16. The van der Waals surface area contributed by atoms with Crippen LogP contribution in [0.2, 0.25) is 0 Å². The Hall–Kier alpha value is -1.10. The molecule has 0 aromatic heterocycles. The average molecular weight is 232 g/mol. The molecule has 1 aromatic carbocycles. The summed E-state index contributed by atoms with van der Waals surface area (Å²) in [6.45, 7) is 1.53. The lowest BCUT2D eigenvalue weighted by Gasteiger charge is -2.16. The van der Waals surface area contributed by atoms with Gasteiger partial charge in [0.05, 0.1) is 17.7 Å². The van der Waals surface area contributed by atoms with E-state index in [9.17, 15) is 9.90 Å². The Bertz CT molecular complexity index is 341. The van der Waals surface area contributed by atoms with Crippen LogP contribution in [0.5, 0.6) is 0 Å². The quantitative estimate of drug-likeness (QED) is 0.730. The molecule has 0 radical (unpaired) electrons. The number of rotatable bonds is 3. The number of nitrogens with two attached hydrogens (primary N) is 1. The van der Waals surface area contributed by atoms with Gasteiger partial charge in [0.1, 0.15) is 0 Å². The van der Waals surface area contributed by atoms with Crippen LogP contribution in [0.15, 0.2) is 24.3 Å². The van der Waals surface area contributed by atoms with Gasteiger partial charge in [-0.3, -0.25) is 0 Å². The summed E-state index contributed by atoms with van der Waals surface area (Å²) in [4.78, 5) is 10.8. The summed E-state index contributed by atoms with van der Waals surface area (Å²) in [5.74, 6) is -1.03. The first-order chi connectivity index (χ1) is 6.54. The van der Waals surface area contributed by atoms with Crippen LogP contribution in [0.1, 0.15) is 28.9 Å². The molecule has 4 N–H and O–H groups in total. The molecule has 0 fully saturated rings. The van der Waals surface area contributed by atoms with E-state index in [4.69, 9.17) is 10.8 Å². The molecule has 4 nitrogen and oxygen atoms in total. The number of hydrogen-bond acceptors (Lipinski definition) is 3. The SMILES string of the molecule is C[C@H](O)[C@H](N)c1ccccc1C(=O)O.Cl. The van der Waals surface area contributed by atoms with Gasteiger partial charge >= 0.3 is 5.97 Å². The van der Waals surface area contributed by atoms with Gasteiger partial charge in [0, 0.05) is 0 Å². The zero-order valence-corrected chi connectivity index (χ0v) is 9.07. The highest BCUT2D eigenvalue weighted by Gasteiger charge is 2.18. The first-order valence-electron chi connectivity index (χ1n) is 4.30. The topological polar surface area (TPSA) is 83.5 Å². The molecule has 0 spiro atoms. The van der Waals surface area contributed by atoms with Crippen molar-refractivity contribution in [2.45, 2.75) is 19.1 Å². The molecule has 2 atom stereocenters. The van der Waals surface area contributed by atoms with Crippen LogP contribution in [0.25, 0.3) is 0 Å². The van der Waals surface area contributed by atoms with Gasteiger partial charge in [-0.05, 0) is 18.6 Å². The number of hydrogen-bond donors (Lipinski definition) is 3. The Morgan fingerprint density at radius 3 is 2.40 bits per heavy atom. The van der Waals surface area contributed by atoms with Crippen molar-refractivity contribution < 1.29 is 15.0 Å². The fourth-order valence-corrected chi connectivity index (χ4v) is 1.24. The van der Waals surface area contributed by atoms with E-state index in [0.717, 1.165) is 0 Å². The summed E-state index contributed by atoms with van der Waals surface area (Å²) in [6, 6.07) is 5.74. The molecule has 0 bridgehead atoms. The lowest BCUT2D eigenvalue weighted by molar-refractivity contribution is 0.0693. The fraction of sp³-hybridized carbons (Fsp3) is 0.300. The Balaban J connectivity index is 0.00000196. The summed E-state index contributed by atoms with van der Waals surface area (Å²) >= 11 is 0. The zero-order chi connectivity index (χ0) is 10.7. The maximum Gasteiger partial charge on any atom is 0.336 e. The van der Waals surface area contributed by atoms with Crippen molar-refractivity contribution in [1.29, 1.82) is 0 Å². The first kappa shape index (κ1) is 13.9. The van der Waals surface area contributed by atoms with E-state index in [-0.39, 0.29) is 18.0 Å². The van der Waals surface area contributed by atoms with Crippen LogP contribution in [-0.2, 0) is 0 Å². The Kier molecular flexibility index (Phi) is 5.28. The number of benzene rings is 1. The predicted octanol–water partition coefficient (Wildman–Crippen LogP) is 1.19. The number of carbonyl (C=O) groups is 1. The van der Waals surface area contributed by atoms with Gasteiger partial charge < -0.3 is 15.9 Å². The monoisotopic (exact) mass is 231 g/mol. The van der Waals surface area contributed by atoms with Gasteiger partial charge in [-0.2, -0.15) is 0 Å². The van der Waals surface area contributed by atoms with Crippen LogP contribution in [0.3, 0.4) is 0 Å². The molecule has 0 heterocycles. The van der Waals surface area contributed by atoms with Gasteiger partial charge in [0.25, 0.3) is 0 Å². The summed E-state index contributed by atoms with van der Waals surface area (Å²) in [6.07, 6.45) is -0.768. The zero-order valence-electron chi connectivity index (χ0n) is 8.25. The first-order valence-corrected chi connectivity index (χ1v) is 4.30. The molecule has 1 aromatic rings. The highest BCUT2D eigenvalue weighted by Crippen LogP contribution is 2.18. The minimum Gasteiger partial charge on any atom is -0.478 e. The molecule has 84 valence electrons. The van der Waals surface area contributed by atoms with Gasteiger partial charge in [-0.15, -0.1) is 12.4 Å². The molecule has 15 heavy (non-hydrogen) atoms. The van der Waals surface area contributed by atoms with Crippen LogP contribution in [-0.4, -0.2) is 22.3 Å². The van der Waals surface area contributed by atoms with Crippen molar-refractivity contribution in [3.63, 3.8) is 0 Å². The van der Waals surface area contributed by atoms with Crippen LogP contribution in [0.4, 0.5) is 0 Å². The van der Waals surface area contributed by atoms with Gasteiger partial charge in [-0.25, -0.2) is 4.79 Å². The van der Waals surface area contributed by atoms with E-state index in [1.54, 1.807) is 18.2 Å². The number of carboxylic acid groups (broad SMARTS) is 1. The van der Waals surface area contributed by atoms with Crippen molar-refractivity contribution in [2.75, 3.05) is 0 Å². The third kappa shape index (κ3) is 3.20. The average Bonchev–Trinajstić information content (AvgIpc) is 2.16. The van der Waals surface area contributed by atoms with E-state index in [0.29, 0.717) is 5.56 Å². The van der Waals surface area contributed by atoms with Crippen molar-refractivity contribution >= 4 is 18.4 Å². The summed E-state index contributed by atoms with van der Waals surface area (Å²) in [5.41, 5.74) is 6.26. The van der Waals surface area contributed by atoms with Crippen molar-refractivity contribution in [1.82, 2.24) is 0 Å². The molecule has 0 amide bonds. The number of halogens is 1. The predicted molar refractivity (Wildman–Crippen MR) is 59.3 cm³/mol. The largest absolute Gasteiger partial charge is 0.478 e. The van der Waals surface area contributed by atoms with Crippen molar-refractivity contribution in [3.05, 3.63) is 35.4 Å². The molecular weight excluding hydrogens is 218 g/mol. The molecule has 0 aliphatic carbocycles. The summed E-state index contributed by atoms with van der Waals surface area (Å²) < 4.78 is 0. The van der Waals surface area contributed by atoms with Gasteiger partial charge in [0.15, 0.2) is 0 Å². The summed E-state index contributed by atoms with van der Waals surface area (Å²) in [7, 11) is 0. The molecule has 0 aliphatic rings. The van der Waals surface area contributed by atoms with Crippen LogP contribution < -0.4 is 5.73 Å². The third-order valence-electron chi connectivity index (χ3n) is 2.07. The minimum atomic E-state index is -1.03. The second-order valence-corrected chi connectivity index (χ2v) is 3.16. The van der Waals surface area contributed by atoms with E-state index < -0.39 is 18.1 Å². The number of aliphatic hydroxyl groups excluding tert-OH is 1. The minimum absolute atomic E-state index is 0. The second kappa shape index (κ2) is 5.70. The van der Waals surface area contributed by atoms with E-state index in [1.165, 1.54) is 13.0 Å². The maximum atomic E-state index is 10.8. The Labute approximate surface area is 94.1 Å². The Morgan fingerprint density at radius 1 is 1.40 bits per heavy atom. The molecule has 0 aliphatic heterocycles. The number of aromatic carboxylic acids is 1. The van der Waals surface area contributed by atoms with E-state index in [1.807, 2.05) is 0 Å². The fourth-order valence-electron chi connectivity index (χ4n) is 1.24. The van der Waals surface area contributed by atoms with Crippen molar-refractivity contribution in [3.8, 4) is 0 Å². The summed E-state index contributed by atoms with van der Waals surface area (Å²) in [5, 5.41) is 18.1. The highest BCUT2D eigenvalue weighted by atomic mass is 35.5. The lowest BCUT2D eigenvalue weighted by Crippen LogP contribution is -2.25. The van der Waals surface area contributed by atoms with Crippen LogP contribution in [0, 0.1) is 0 Å². The molecule has 5 heteroatoms. The normalized spacial score (nSPS) is 13.8. The van der Waals surface area contributed by atoms with Crippen molar-refractivity contribution in [2.24, 2.45) is 5.73 Å². The lowest BCUT2D eigenvalue weighted by atomic mass is 9.98. The maximum absolute atomic E-state index is 10.8. The smallest absolute Gasteiger partial charge is 0.336 e. The van der Waals surface area contributed by atoms with Gasteiger partial charge in [0.2, 0.25) is 0 Å². The highest BCUT2D eigenvalue weighted by molar-refractivity contribution is 5.89. The van der Waals surface area contributed by atoms with Gasteiger partial charge in [-0.1, -0.05) is 18.2 Å². The molecule has 1 rings (SSSR count). The standard InChI is InChI=1S/C10H13NO3.ClH/c1-6(12)9(11)7-4-2-3-5-8(7)10(13)14;/h2-6,9,12H,11H2,1H3,(H,13,14);1H/t6-,9-;/m0./s1. The van der Waals surface area contributed by atoms with E-state index >= 15 is 0 Å². The van der Waals surface area contributed by atoms with E-state index in [2.05, 4.69) is 0 Å². The number of carboxylic acids is 1. The molecule has 0 saturated heterocycles. The number of aliphatic hydroxyl groups is 1.